The zero-order chi connectivity index (χ0) is 21.4. The molecule has 2 aromatic carbocycles. The van der Waals surface area contributed by atoms with E-state index in [-0.39, 0.29) is 29.1 Å². The van der Waals surface area contributed by atoms with E-state index in [0.29, 0.717) is 5.52 Å². The van der Waals surface area contributed by atoms with Crippen molar-refractivity contribution in [3.05, 3.63) is 93.2 Å². The number of non-ortho nitro benzene ring substituents is 1. The SMILES string of the molecule is CCOC(=O)c1cc(C(=O)c2cccc([N+](=O)[O-])c2)n2c1cc(C)c1ccccc12. The van der Waals surface area contributed by atoms with Gasteiger partial charge in [-0.2, -0.15) is 0 Å². The molecule has 7 nitrogen and oxygen atoms in total. The number of carbonyl (C=O) groups excluding carboxylic acids is 2. The molecule has 2 heterocycles. The highest BCUT2D eigenvalue weighted by atomic mass is 16.6. The van der Waals surface area contributed by atoms with Crippen molar-refractivity contribution in [3.63, 3.8) is 0 Å². The highest BCUT2D eigenvalue weighted by Crippen LogP contribution is 2.29. The standard InChI is InChI=1S/C23H18N2O5/c1-3-30-23(27)18-13-21(22(26)15-7-6-8-16(12-15)25(28)29)24-19-10-5-4-9-17(19)14(2)11-20(18)24/h4-13H,3H2,1-2H3. The summed E-state index contributed by atoms with van der Waals surface area (Å²) >= 11 is 0. The first-order valence-corrected chi connectivity index (χ1v) is 9.42. The topological polar surface area (TPSA) is 90.9 Å². The molecule has 0 unspecified atom stereocenters. The van der Waals surface area contributed by atoms with Gasteiger partial charge in [0.15, 0.2) is 0 Å². The number of pyridine rings is 1. The second-order valence-corrected chi connectivity index (χ2v) is 6.87. The number of aromatic nitrogens is 1. The summed E-state index contributed by atoms with van der Waals surface area (Å²) in [5, 5.41) is 12.1. The number of rotatable bonds is 5. The van der Waals surface area contributed by atoms with Crippen LogP contribution in [0.3, 0.4) is 0 Å². The molecule has 0 aliphatic heterocycles. The van der Waals surface area contributed by atoms with E-state index in [1.807, 2.05) is 37.3 Å². The Labute approximate surface area is 171 Å². The van der Waals surface area contributed by atoms with Gasteiger partial charge in [-0.1, -0.05) is 30.3 Å². The maximum atomic E-state index is 13.4. The molecular weight excluding hydrogens is 384 g/mol. The van der Waals surface area contributed by atoms with Crippen LogP contribution in [0.2, 0.25) is 0 Å². The molecule has 0 fully saturated rings. The maximum absolute atomic E-state index is 13.4. The van der Waals surface area contributed by atoms with Crippen LogP contribution >= 0.6 is 0 Å². The number of aryl methyl sites for hydroxylation is 1. The first-order chi connectivity index (χ1) is 14.4. The normalized spacial score (nSPS) is 11.0. The van der Waals surface area contributed by atoms with Crippen molar-refractivity contribution in [2.24, 2.45) is 0 Å². The number of fused-ring (bicyclic) bond motifs is 3. The third kappa shape index (κ3) is 3.10. The molecule has 30 heavy (non-hydrogen) atoms. The lowest BCUT2D eigenvalue weighted by atomic mass is 10.1. The summed E-state index contributed by atoms with van der Waals surface area (Å²) in [5.41, 5.74) is 2.78. The average molecular weight is 402 g/mol. The van der Waals surface area contributed by atoms with Gasteiger partial charge in [-0.15, -0.1) is 0 Å². The van der Waals surface area contributed by atoms with Crippen LogP contribution < -0.4 is 0 Å². The summed E-state index contributed by atoms with van der Waals surface area (Å²) in [4.78, 5) is 36.5. The molecule has 0 amide bonds. The zero-order valence-corrected chi connectivity index (χ0v) is 16.4. The largest absolute Gasteiger partial charge is 0.462 e. The highest BCUT2D eigenvalue weighted by Gasteiger charge is 2.24. The maximum Gasteiger partial charge on any atom is 0.340 e. The number of ether oxygens (including phenoxy) is 1. The molecule has 2 aromatic heterocycles. The van der Waals surface area contributed by atoms with Gasteiger partial charge in [0.1, 0.15) is 0 Å². The van der Waals surface area contributed by atoms with Crippen molar-refractivity contribution in [2.45, 2.75) is 13.8 Å². The van der Waals surface area contributed by atoms with Crippen molar-refractivity contribution in [1.82, 2.24) is 4.40 Å². The van der Waals surface area contributed by atoms with Crippen molar-refractivity contribution in [1.29, 1.82) is 0 Å². The number of hydrogen-bond acceptors (Lipinski definition) is 5. The monoisotopic (exact) mass is 402 g/mol. The van der Waals surface area contributed by atoms with Gasteiger partial charge >= 0.3 is 5.97 Å². The molecular formula is C23H18N2O5. The molecule has 0 bridgehead atoms. The van der Waals surface area contributed by atoms with Crippen molar-refractivity contribution in [3.8, 4) is 0 Å². The Balaban J connectivity index is 2.03. The average Bonchev–Trinajstić information content (AvgIpc) is 3.13. The Morgan fingerprint density at radius 1 is 1.03 bits per heavy atom. The van der Waals surface area contributed by atoms with Crippen molar-refractivity contribution < 1.29 is 19.2 Å². The van der Waals surface area contributed by atoms with Gasteiger partial charge in [0, 0.05) is 23.1 Å². The number of ketones is 1. The summed E-state index contributed by atoms with van der Waals surface area (Å²) in [6, 6.07) is 16.5. The lowest BCUT2D eigenvalue weighted by Gasteiger charge is -2.10. The molecule has 4 rings (SSSR count). The van der Waals surface area contributed by atoms with Crippen LogP contribution in [0.25, 0.3) is 16.4 Å². The van der Waals surface area contributed by atoms with Crippen LogP contribution in [0, 0.1) is 17.0 Å². The van der Waals surface area contributed by atoms with Crippen LogP contribution in [-0.2, 0) is 4.74 Å². The fraction of sp³-hybridized carbons (Fsp3) is 0.130. The molecule has 0 N–H and O–H groups in total. The van der Waals surface area contributed by atoms with Gasteiger partial charge in [0.25, 0.3) is 5.69 Å². The van der Waals surface area contributed by atoms with E-state index in [0.717, 1.165) is 16.5 Å². The minimum Gasteiger partial charge on any atom is -0.462 e. The third-order valence-electron chi connectivity index (χ3n) is 5.01. The van der Waals surface area contributed by atoms with Crippen LogP contribution in [0.5, 0.6) is 0 Å². The van der Waals surface area contributed by atoms with E-state index in [2.05, 4.69) is 0 Å². The molecule has 0 aliphatic rings. The van der Waals surface area contributed by atoms with Gasteiger partial charge in [-0.3, -0.25) is 14.9 Å². The van der Waals surface area contributed by atoms with E-state index in [4.69, 9.17) is 4.74 Å². The summed E-state index contributed by atoms with van der Waals surface area (Å²) in [6.45, 7) is 3.86. The Morgan fingerprint density at radius 3 is 2.53 bits per heavy atom. The lowest BCUT2D eigenvalue weighted by molar-refractivity contribution is -0.384. The van der Waals surface area contributed by atoms with Crippen molar-refractivity contribution in [2.75, 3.05) is 6.61 Å². The predicted molar refractivity (Wildman–Crippen MR) is 112 cm³/mol. The molecule has 7 heteroatoms. The molecule has 0 saturated carbocycles. The second-order valence-electron chi connectivity index (χ2n) is 6.87. The van der Waals surface area contributed by atoms with E-state index in [1.165, 1.54) is 30.3 Å². The smallest absolute Gasteiger partial charge is 0.340 e. The summed E-state index contributed by atoms with van der Waals surface area (Å²) in [6.07, 6.45) is 0. The Kier molecular flexibility index (Phi) is 4.79. The predicted octanol–water partition coefficient (Wildman–Crippen LogP) is 4.72. The quantitative estimate of drug-likeness (QED) is 0.209. The van der Waals surface area contributed by atoms with Gasteiger partial charge in [-0.25, -0.2) is 4.79 Å². The Hall–Kier alpha value is -4.00. The molecule has 0 atom stereocenters. The molecule has 0 saturated heterocycles. The van der Waals surface area contributed by atoms with E-state index in [1.54, 1.807) is 11.3 Å². The van der Waals surface area contributed by atoms with Crippen LogP contribution in [-0.4, -0.2) is 27.7 Å². The number of hydrogen-bond donors (Lipinski definition) is 0. The number of benzene rings is 2. The van der Waals surface area contributed by atoms with E-state index >= 15 is 0 Å². The fourth-order valence-electron chi connectivity index (χ4n) is 3.66. The van der Waals surface area contributed by atoms with Gasteiger partial charge in [0.05, 0.1) is 33.8 Å². The van der Waals surface area contributed by atoms with Crippen LogP contribution in [0.4, 0.5) is 5.69 Å². The van der Waals surface area contributed by atoms with Gasteiger partial charge in [-0.05, 0) is 37.6 Å². The lowest BCUT2D eigenvalue weighted by Crippen LogP contribution is -2.06. The molecule has 0 spiro atoms. The molecule has 0 aliphatic carbocycles. The Morgan fingerprint density at radius 2 is 1.80 bits per heavy atom. The molecule has 4 aromatic rings. The molecule has 150 valence electrons. The first-order valence-electron chi connectivity index (χ1n) is 9.42. The number of nitro benzene ring substituents is 1. The van der Waals surface area contributed by atoms with Crippen LogP contribution in [0.1, 0.15) is 38.9 Å². The number of nitrogens with zero attached hydrogens (tertiary/aromatic N) is 2. The van der Waals surface area contributed by atoms with Crippen molar-refractivity contribution >= 4 is 33.9 Å². The summed E-state index contributed by atoms with van der Waals surface area (Å²) < 4.78 is 6.90. The molecule has 0 radical (unpaired) electrons. The second kappa shape index (κ2) is 7.44. The zero-order valence-electron chi connectivity index (χ0n) is 16.4. The van der Waals surface area contributed by atoms with Crippen LogP contribution in [0.15, 0.2) is 60.7 Å². The minimum absolute atomic E-state index is 0.170. The number of para-hydroxylation sites is 1. The minimum atomic E-state index is -0.546. The van der Waals surface area contributed by atoms with Gasteiger partial charge in [0.2, 0.25) is 5.78 Å². The number of nitro groups is 1. The summed E-state index contributed by atoms with van der Waals surface area (Å²) in [5.74, 6) is -0.943. The highest BCUT2D eigenvalue weighted by molar-refractivity contribution is 6.13. The first kappa shape index (κ1) is 19.3. The third-order valence-corrected chi connectivity index (χ3v) is 5.01. The number of carbonyl (C=O) groups is 2. The number of esters is 1. The summed E-state index contributed by atoms with van der Waals surface area (Å²) in [7, 11) is 0. The van der Waals surface area contributed by atoms with E-state index in [9.17, 15) is 19.7 Å². The fourth-order valence-corrected chi connectivity index (χ4v) is 3.66. The van der Waals surface area contributed by atoms with E-state index < -0.39 is 16.7 Å². The Bertz CT molecular complexity index is 1340. The van der Waals surface area contributed by atoms with Gasteiger partial charge < -0.3 is 9.14 Å².